The first-order valence-corrected chi connectivity index (χ1v) is 9.63. The fourth-order valence-corrected chi connectivity index (χ4v) is 3.07. The predicted molar refractivity (Wildman–Crippen MR) is 105 cm³/mol. The average Bonchev–Trinajstić information content (AvgIpc) is 3.20. The molecule has 3 rings (SSSR count). The van der Waals surface area contributed by atoms with E-state index in [4.69, 9.17) is 4.74 Å². The van der Waals surface area contributed by atoms with Gasteiger partial charge in [-0.15, -0.1) is 0 Å². The van der Waals surface area contributed by atoms with Gasteiger partial charge in [-0.25, -0.2) is 13.5 Å². The largest absolute Gasteiger partial charge is 0.471 e. The highest BCUT2D eigenvalue weighted by Crippen LogP contribution is 2.29. The Kier molecular flexibility index (Phi) is 6.45. The average molecular weight is 519 g/mol. The summed E-state index contributed by atoms with van der Waals surface area (Å²) >= 11 is 6.43. The van der Waals surface area contributed by atoms with Crippen LogP contribution >= 0.6 is 31.9 Å². The summed E-state index contributed by atoms with van der Waals surface area (Å²) in [7, 11) is 0. The highest BCUT2D eigenvalue weighted by atomic mass is 79.9. The third kappa shape index (κ3) is 4.96. The zero-order chi connectivity index (χ0) is 20.3. The second kappa shape index (κ2) is 8.82. The lowest BCUT2D eigenvalue weighted by atomic mass is 10.3. The van der Waals surface area contributed by atoms with Crippen molar-refractivity contribution >= 4 is 43.5 Å². The topological polar surface area (TPSA) is 74.0 Å². The summed E-state index contributed by atoms with van der Waals surface area (Å²) in [6, 6.07) is 7.35. The van der Waals surface area contributed by atoms with Crippen LogP contribution in [0.2, 0.25) is 0 Å². The lowest BCUT2D eigenvalue weighted by molar-refractivity contribution is -0.117. The summed E-state index contributed by atoms with van der Waals surface area (Å²) in [4.78, 5) is 12.2. The normalized spacial score (nSPS) is 11.1. The number of halogens is 4. The third-order valence-electron chi connectivity index (χ3n) is 3.75. The van der Waals surface area contributed by atoms with Gasteiger partial charge in [0.05, 0.1) is 28.2 Å². The van der Waals surface area contributed by atoms with E-state index in [0.717, 1.165) is 4.47 Å². The molecule has 1 amide bonds. The lowest BCUT2D eigenvalue weighted by Gasteiger charge is -2.06. The SMILES string of the molecule is Cc1c(Br)c(C(F)F)nn1CC(=O)Nc1cnn(COc2ccc(Br)cc2)c1. The van der Waals surface area contributed by atoms with Crippen LogP contribution in [0.3, 0.4) is 0 Å². The Bertz CT molecular complexity index is 973. The predicted octanol–water partition coefficient (Wildman–Crippen LogP) is 4.53. The summed E-state index contributed by atoms with van der Waals surface area (Å²) in [6.07, 6.45) is 0.355. The summed E-state index contributed by atoms with van der Waals surface area (Å²) in [5.41, 5.74) is 0.523. The van der Waals surface area contributed by atoms with Gasteiger partial charge in [-0.1, -0.05) is 15.9 Å². The van der Waals surface area contributed by atoms with Crippen molar-refractivity contribution in [2.24, 2.45) is 0 Å². The van der Waals surface area contributed by atoms with Crippen molar-refractivity contribution in [3.05, 3.63) is 57.0 Å². The number of alkyl halides is 2. The van der Waals surface area contributed by atoms with E-state index in [1.807, 2.05) is 24.3 Å². The molecule has 0 saturated carbocycles. The molecule has 0 unspecified atom stereocenters. The maximum atomic E-state index is 12.9. The van der Waals surface area contributed by atoms with Crippen LogP contribution in [0.25, 0.3) is 0 Å². The summed E-state index contributed by atoms with van der Waals surface area (Å²) in [5.74, 6) is 0.270. The van der Waals surface area contributed by atoms with Crippen LogP contribution in [0.1, 0.15) is 17.8 Å². The summed E-state index contributed by atoms with van der Waals surface area (Å²) in [6.45, 7) is 1.58. The van der Waals surface area contributed by atoms with Crippen LogP contribution in [0.4, 0.5) is 14.5 Å². The van der Waals surface area contributed by atoms with E-state index >= 15 is 0 Å². The second-order valence-corrected chi connectivity index (χ2v) is 7.50. The van der Waals surface area contributed by atoms with Gasteiger partial charge in [0.25, 0.3) is 6.43 Å². The number of nitrogens with one attached hydrogen (secondary N) is 1. The van der Waals surface area contributed by atoms with Crippen LogP contribution in [0, 0.1) is 6.92 Å². The van der Waals surface area contributed by atoms with Crippen molar-refractivity contribution in [2.75, 3.05) is 5.32 Å². The van der Waals surface area contributed by atoms with E-state index in [2.05, 4.69) is 47.4 Å². The van der Waals surface area contributed by atoms with E-state index in [-0.39, 0.29) is 23.4 Å². The molecule has 2 aromatic heterocycles. The molecule has 0 radical (unpaired) electrons. The van der Waals surface area contributed by atoms with Crippen molar-refractivity contribution in [3.8, 4) is 5.75 Å². The number of benzene rings is 1. The highest BCUT2D eigenvalue weighted by molar-refractivity contribution is 9.10. The van der Waals surface area contributed by atoms with E-state index < -0.39 is 12.3 Å². The molecule has 0 aliphatic heterocycles. The number of nitrogens with zero attached hydrogens (tertiary/aromatic N) is 4. The van der Waals surface area contributed by atoms with Gasteiger partial charge >= 0.3 is 0 Å². The molecule has 28 heavy (non-hydrogen) atoms. The molecular formula is C17H15Br2F2N5O2. The molecule has 1 N–H and O–H groups in total. The van der Waals surface area contributed by atoms with Crippen molar-refractivity contribution in [1.29, 1.82) is 0 Å². The van der Waals surface area contributed by atoms with Crippen LogP contribution in [-0.4, -0.2) is 25.5 Å². The molecule has 2 heterocycles. The summed E-state index contributed by atoms with van der Waals surface area (Å²) < 4.78 is 35.3. The quantitative estimate of drug-likeness (QED) is 0.499. The van der Waals surface area contributed by atoms with Crippen LogP contribution < -0.4 is 10.1 Å². The first kappa shape index (κ1) is 20.5. The Labute approximate surface area is 175 Å². The minimum atomic E-state index is -2.72. The molecule has 0 bridgehead atoms. The number of carbonyl (C=O) groups is 1. The number of ether oxygens (including phenoxy) is 1. The van der Waals surface area contributed by atoms with Gasteiger partial charge in [0.1, 0.15) is 18.0 Å². The Morgan fingerprint density at radius 1 is 1.29 bits per heavy atom. The van der Waals surface area contributed by atoms with E-state index in [9.17, 15) is 13.6 Å². The molecule has 11 heteroatoms. The van der Waals surface area contributed by atoms with Gasteiger partial charge in [0, 0.05) is 4.47 Å². The number of hydrogen-bond donors (Lipinski definition) is 1. The van der Waals surface area contributed by atoms with Gasteiger partial charge in [-0.2, -0.15) is 10.2 Å². The fraction of sp³-hybridized carbons (Fsp3) is 0.235. The van der Waals surface area contributed by atoms with Crippen LogP contribution in [0.5, 0.6) is 5.75 Å². The first-order valence-electron chi connectivity index (χ1n) is 8.05. The highest BCUT2D eigenvalue weighted by Gasteiger charge is 2.21. The van der Waals surface area contributed by atoms with Crippen LogP contribution in [-0.2, 0) is 18.1 Å². The second-order valence-electron chi connectivity index (χ2n) is 5.79. The molecular weight excluding hydrogens is 504 g/mol. The maximum Gasteiger partial charge on any atom is 0.283 e. The number of amides is 1. The Morgan fingerprint density at radius 3 is 2.64 bits per heavy atom. The van der Waals surface area contributed by atoms with Crippen molar-refractivity contribution < 1.29 is 18.3 Å². The molecule has 148 valence electrons. The Balaban J connectivity index is 1.56. The maximum absolute atomic E-state index is 12.9. The number of hydrogen-bond acceptors (Lipinski definition) is 4. The molecule has 0 atom stereocenters. The molecule has 1 aromatic carbocycles. The molecule has 0 aliphatic rings. The number of carbonyl (C=O) groups excluding carboxylic acids is 1. The lowest BCUT2D eigenvalue weighted by Crippen LogP contribution is -2.20. The van der Waals surface area contributed by atoms with E-state index in [1.54, 1.807) is 13.1 Å². The monoisotopic (exact) mass is 517 g/mol. The van der Waals surface area contributed by atoms with Crippen molar-refractivity contribution in [3.63, 3.8) is 0 Å². The molecule has 7 nitrogen and oxygen atoms in total. The molecule has 0 saturated heterocycles. The van der Waals surface area contributed by atoms with E-state index in [0.29, 0.717) is 17.1 Å². The number of aromatic nitrogens is 4. The molecule has 0 spiro atoms. The third-order valence-corrected chi connectivity index (χ3v) is 5.26. The molecule has 0 aliphatic carbocycles. The Hall–Kier alpha value is -2.27. The smallest absolute Gasteiger partial charge is 0.283 e. The zero-order valence-corrected chi connectivity index (χ0v) is 17.7. The fourth-order valence-electron chi connectivity index (χ4n) is 2.35. The number of anilines is 1. The number of rotatable bonds is 7. The van der Waals surface area contributed by atoms with E-state index in [1.165, 1.54) is 15.6 Å². The molecule has 3 aromatic rings. The minimum Gasteiger partial charge on any atom is -0.471 e. The van der Waals surface area contributed by atoms with Gasteiger partial charge in [-0.05, 0) is 47.1 Å². The Morgan fingerprint density at radius 2 is 2.00 bits per heavy atom. The first-order chi connectivity index (χ1) is 13.3. The molecule has 0 fully saturated rings. The van der Waals surface area contributed by atoms with Gasteiger partial charge in [-0.3, -0.25) is 9.48 Å². The zero-order valence-electron chi connectivity index (χ0n) is 14.6. The standard InChI is InChI=1S/C17H15Br2F2N5O2/c1-10-15(19)16(17(20)21)24-26(10)8-14(27)23-12-6-22-25(7-12)9-28-13-4-2-11(18)3-5-13/h2-7,17H,8-9H2,1H3,(H,23,27). The van der Waals surface area contributed by atoms with Crippen molar-refractivity contribution in [2.45, 2.75) is 26.6 Å². The minimum absolute atomic E-state index is 0.167. The van der Waals surface area contributed by atoms with Gasteiger partial charge in [0.2, 0.25) is 5.91 Å². The van der Waals surface area contributed by atoms with Crippen LogP contribution in [0.15, 0.2) is 45.6 Å². The summed E-state index contributed by atoms with van der Waals surface area (Å²) in [5, 5.41) is 10.5. The van der Waals surface area contributed by atoms with Crippen molar-refractivity contribution in [1.82, 2.24) is 19.6 Å². The van der Waals surface area contributed by atoms with Gasteiger partial charge < -0.3 is 10.1 Å². The van der Waals surface area contributed by atoms with Gasteiger partial charge in [0.15, 0.2) is 6.73 Å².